The summed E-state index contributed by atoms with van der Waals surface area (Å²) in [5, 5.41) is 2.91. The van der Waals surface area contributed by atoms with Crippen LogP contribution in [0.15, 0.2) is 48.5 Å². The van der Waals surface area contributed by atoms with Crippen molar-refractivity contribution in [3.63, 3.8) is 0 Å². The van der Waals surface area contributed by atoms with E-state index in [9.17, 15) is 14.0 Å². The van der Waals surface area contributed by atoms with E-state index in [0.29, 0.717) is 44.8 Å². The number of ether oxygens (including phenoxy) is 1. The zero-order chi connectivity index (χ0) is 19.9. The summed E-state index contributed by atoms with van der Waals surface area (Å²) in [7, 11) is 1.61. The lowest BCUT2D eigenvalue weighted by atomic mass is 10.1. The summed E-state index contributed by atoms with van der Waals surface area (Å²) < 4.78 is 18.1. The van der Waals surface area contributed by atoms with Crippen molar-refractivity contribution < 1.29 is 18.7 Å². The van der Waals surface area contributed by atoms with Crippen LogP contribution in [0.1, 0.15) is 15.9 Å². The molecular formula is C21H24FN3O3. The van der Waals surface area contributed by atoms with Crippen molar-refractivity contribution in [3.8, 4) is 5.75 Å². The highest BCUT2D eigenvalue weighted by Crippen LogP contribution is 2.12. The summed E-state index contributed by atoms with van der Waals surface area (Å²) in [6.07, 6.45) is 0. The third kappa shape index (κ3) is 5.29. The third-order valence-corrected chi connectivity index (χ3v) is 4.77. The molecule has 148 valence electrons. The predicted molar refractivity (Wildman–Crippen MR) is 104 cm³/mol. The van der Waals surface area contributed by atoms with Gasteiger partial charge in [0.15, 0.2) is 0 Å². The van der Waals surface area contributed by atoms with Gasteiger partial charge in [-0.15, -0.1) is 0 Å². The van der Waals surface area contributed by atoms with E-state index >= 15 is 0 Å². The van der Waals surface area contributed by atoms with Gasteiger partial charge in [0.05, 0.1) is 13.7 Å². The summed E-state index contributed by atoms with van der Waals surface area (Å²) in [4.78, 5) is 28.4. The van der Waals surface area contributed by atoms with E-state index in [-0.39, 0.29) is 17.6 Å². The van der Waals surface area contributed by atoms with Gasteiger partial charge in [-0.1, -0.05) is 12.1 Å². The predicted octanol–water partition coefficient (Wildman–Crippen LogP) is 1.91. The number of hydrogen-bond donors (Lipinski definition) is 1. The molecule has 3 rings (SSSR count). The second-order valence-electron chi connectivity index (χ2n) is 6.70. The Morgan fingerprint density at radius 2 is 1.64 bits per heavy atom. The molecule has 0 radical (unpaired) electrons. The van der Waals surface area contributed by atoms with Crippen LogP contribution in [0.2, 0.25) is 0 Å². The highest BCUT2D eigenvalue weighted by Gasteiger charge is 2.23. The number of rotatable bonds is 6. The maximum absolute atomic E-state index is 13.0. The molecule has 1 aliphatic heterocycles. The highest BCUT2D eigenvalue weighted by atomic mass is 19.1. The minimum Gasteiger partial charge on any atom is -0.497 e. The van der Waals surface area contributed by atoms with Gasteiger partial charge in [0.2, 0.25) is 5.91 Å². The summed E-state index contributed by atoms with van der Waals surface area (Å²) >= 11 is 0. The van der Waals surface area contributed by atoms with Crippen LogP contribution < -0.4 is 10.1 Å². The van der Waals surface area contributed by atoms with Gasteiger partial charge in [0, 0.05) is 38.3 Å². The molecule has 2 aromatic rings. The van der Waals surface area contributed by atoms with Crippen molar-refractivity contribution >= 4 is 11.8 Å². The molecule has 1 heterocycles. The number of benzene rings is 2. The van der Waals surface area contributed by atoms with Crippen molar-refractivity contribution in [2.24, 2.45) is 0 Å². The van der Waals surface area contributed by atoms with E-state index in [4.69, 9.17) is 4.74 Å². The topological polar surface area (TPSA) is 61.9 Å². The molecule has 28 heavy (non-hydrogen) atoms. The molecule has 2 aromatic carbocycles. The smallest absolute Gasteiger partial charge is 0.253 e. The summed E-state index contributed by atoms with van der Waals surface area (Å²) in [5.74, 6) is 0.267. The van der Waals surface area contributed by atoms with Crippen molar-refractivity contribution in [1.29, 1.82) is 0 Å². The van der Waals surface area contributed by atoms with Gasteiger partial charge in [-0.25, -0.2) is 4.39 Å². The molecule has 0 aliphatic carbocycles. The standard InChI is InChI=1S/C21H24FN3O3/c1-28-19-8-2-16(3-9-19)14-23-20(26)15-24-10-12-25(13-11-24)21(27)17-4-6-18(22)7-5-17/h2-9H,10-15H2,1H3,(H,23,26). The number of hydrogen-bond acceptors (Lipinski definition) is 4. The Balaban J connectivity index is 1.41. The van der Waals surface area contributed by atoms with Gasteiger partial charge in [0.25, 0.3) is 5.91 Å². The second-order valence-corrected chi connectivity index (χ2v) is 6.70. The molecule has 7 heteroatoms. The number of piperazine rings is 1. The Bertz CT molecular complexity index is 801. The molecular weight excluding hydrogens is 361 g/mol. The first kappa shape index (κ1) is 19.8. The number of methoxy groups -OCH3 is 1. The average Bonchev–Trinajstić information content (AvgIpc) is 2.73. The maximum Gasteiger partial charge on any atom is 0.253 e. The van der Waals surface area contributed by atoms with E-state index in [1.807, 2.05) is 29.2 Å². The molecule has 0 saturated carbocycles. The number of halogens is 1. The van der Waals surface area contributed by atoms with Crippen molar-refractivity contribution in [2.75, 3.05) is 39.8 Å². The summed E-state index contributed by atoms with van der Waals surface area (Å²) in [6.45, 7) is 3.11. The van der Waals surface area contributed by atoms with Gasteiger partial charge in [-0.3, -0.25) is 14.5 Å². The molecule has 6 nitrogen and oxygen atoms in total. The molecule has 1 fully saturated rings. The summed E-state index contributed by atoms with van der Waals surface area (Å²) in [5.41, 5.74) is 1.48. The van der Waals surface area contributed by atoms with E-state index in [0.717, 1.165) is 11.3 Å². The van der Waals surface area contributed by atoms with Crippen LogP contribution >= 0.6 is 0 Å². The SMILES string of the molecule is COc1ccc(CNC(=O)CN2CCN(C(=O)c3ccc(F)cc3)CC2)cc1. The van der Waals surface area contributed by atoms with Crippen molar-refractivity contribution in [1.82, 2.24) is 15.1 Å². The maximum atomic E-state index is 13.0. The van der Waals surface area contributed by atoms with E-state index in [1.165, 1.54) is 24.3 Å². The van der Waals surface area contributed by atoms with Crippen molar-refractivity contribution in [2.45, 2.75) is 6.54 Å². The molecule has 0 aromatic heterocycles. The molecule has 0 bridgehead atoms. The van der Waals surface area contributed by atoms with E-state index < -0.39 is 0 Å². The number of carbonyl (C=O) groups is 2. The normalized spacial score (nSPS) is 14.6. The number of nitrogens with zero attached hydrogens (tertiary/aromatic N) is 2. The lowest BCUT2D eigenvalue weighted by molar-refractivity contribution is -0.122. The van der Waals surface area contributed by atoms with Crippen molar-refractivity contribution in [3.05, 3.63) is 65.5 Å². The van der Waals surface area contributed by atoms with Gasteiger partial charge < -0.3 is 15.0 Å². The van der Waals surface area contributed by atoms with E-state index in [2.05, 4.69) is 5.32 Å². The number of nitrogens with one attached hydrogen (secondary N) is 1. The van der Waals surface area contributed by atoms with Crippen LogP contribution in [0.3, 0.4) is 0 Å². The lowest BCUT2D eigenvalue weighted by Gasteiger charge is -2.34. The fourth-order valence-corrected chi connectivity index (χ4v) is 3.09. The quantitative estimate of drug-likeness (QED) is 0.825. The number of carbonyl (C=O) groups excluding carboxylic acids is 2. The fourth-order valence-electron chi connectivity index (χ4n) is 3.09. The van der Waals surface area contributed by atoms with Crippen LogP contribution in [0.5, 0.6) is 5.75 Å². The molecule has 0 unspecified atom stereocenters. The molecule has 0 atom stereocenters. The van der Waals surface area contributed by atoms with Gasteiger partial charge in [-0.05, 0) is 42.0 Å². The zero-order valence-electron chi connectivity index (χ0n) is 15.9. The molecule has 2 amide bonds. The van der Waals surface area contributed by atoms with E-state index in [1.54, 1.807) is 12.0 Å². The first-order valence-electron chi connectivity index (χ1n) is 9.22. The Morgan fingerprint density at radius 3 is 2.25 bits per heavy atom. The number of amides is 2. The first-order valence-corrected chi connectivity index (χ1v) is 9.22. The molecule has 1 N–H and O–H groups in total. The van der Waals surface area contributed by atoms with Gasteiger partial charge in [-0.2, -0.15) is 0 Å². The van der Waals surface area contributed by atoms with Crippen LogP contribution in [0.4, 0.5) is 4.39 Å². The summed E-state index contributed by atoms with van der Waals surface area (Å²) in [6, 6.07) is 13.1. The Morgan fingerprint density at radius 1 is 1.00 bits per heavy atom. The largest absolute Gasteiger partial charge is 0.497 e. The van der Waals surface area contributed by atoms with Crippen LogP contribution in [-0.4, -0.2) is 61.4 Å². The van der Waals surface area contributed by atoms with Crippen LogP contribution in [-0.2, 0) is 11.3 Å². The minimum atomic E-state index is -0.359. The Labute approximate surface area is 163 Å². The molecule has 1 saturated heterocycles. The average molecular weight is 385 g/mol. The highest BCUT2D eigenvalue weighted by molar-refractivity contribution is 5.94. The molecule has 1 aliphatic rings. The van der Waals surface area contributed by atoms with Crippen LogP contribution in [0, 0.1) is 5.82 Å². The Kier molecular flexibility index (Phi) is 6.60. The minimum absolute atomic E-state index is 0.0471. The third-order valence-electron chi connectivity index (χ3n) is 4.77. The zero-order valence-corrected chi connectivity index (χ0v) is 15.9. The van der Waals surface area contributed by atoms with Gasteiger partial charge >= 0.3 is 0 Å². The second kappa shape index (κ2) is 9.32. The van der Waals surface area contributed by atoms with Crippen LogP contribution in [0.25, 0.3) is 0 Å². The fraction of sp³-hybridized carbons (Fsp3) is 0.333. The molecule has 0 spiro atoms. The van der Waals surface area contributed by atoms with Gasteiger partial charge in [0.1, 0.15) is 11.6 Å². The first-order chi connectivity index (χ1) is 13.5. The lowest BCUT2D eigenvalue weighted by Crippen LogP contribution is -2.51. The monoisotopic (exact) mass is 385 g/mol. The Hall–Kier alpha value is -2.93.